The molecule has 5 nitrogen and oxygen atoms in total. The van der Waals surface area contributed by atoms with Crippen molar-refractivity contribution in [3.8, 4) is 11.5 Å². The first kappa shape index (κ1) is 20.2. The molecule has 0 spiro atoms. The van der Waals surface area contributed by atoms with E-state index >= 15 is 0 Å². The van der Waals surface area contributed by atoms with Gasteiger partial charge >= 0.3 is 0 Å². The molecule has 0 radical (unpaired) electrons. The van der Waals surface area contributed by atoms with E-state index in [-0.39, 0.29) is 11.9 Å². The van der Waals surface area contributed by atoms with Gasteiger partial charge in [0.1, 0.15) is 11.5 Å². The molecule has 0 unspecified atom stereocenters. The number of carbonyl (C=O) groups is 1. The maximum absolute atomic E-state index is 12.5. The summed E-state index contributed by atoms with van der Waals surface area (Å²) in [5.41, 5.74) is 2.40. The third-order valence-electron chi connectivity index (χ3n) is 5.31. The van der Waals surface area contributed by atoms with Gasteiger partial charge in [0.25, 0.3) is 0 Å². The van der Waals surface area contributed by atoms with Crippen LogP contribution < -0.4 is 14.8 Å². The molecule has 1 atom stereocenters. The maximum atomic E-state index is 12.5. The number of hydrogen-bond acceptors (Lipinski definition) is 4. The molecular formula is C23H30N2O3. The number of methoxy groups -OCH3 is 2. The minimum absolute atomic E-state index is 0.0850. The molecule has 0 aliphatic carbocycles. The van der Waals surface area contributed by atoms with Crippen LogP contribution in [0.25, 0.3) is 0 Å². The summed E-state index contributed by atoms with van der Waals surface area (Å²) in [6.07, 6.45) is 4.02. The fourth-order valence-corrected chi connectivity index (χ4v) is 3.87. The number of aryl methyl sites for hydroxylation is 1. The Morgan fingerprint density at radius 2 is 1.96 bits per heavy atom. The number of amides is 1. The summed E-state index contributed by atoms with van der Waals surface area (Å²) in [4.78, 5) is 14.7. The Labute approximate surface area is 167 Å². The van der Waals surface area contributed by atoms with Crippen molar-refractivity contribution in [2.24, 2.45) is 0 Å². The lowest BCUT2D eigenvalue weighted by Gasteiger charge is -2.26. The smallest absolute Gasteiger partial charge is 0.234 e. The summed E-state index contributed by atoms with van der Waals surface area (Å²) in [5.74, 6) is 1.75. The van der Waals surface area contributed by atoms with Gasteiger partial charge in [0.05, 0.1) is 20.8 Å². The topological polar surface area (TPSA) is 50.8 Å². The highest BCUT2D eigenvalue weighted by molar-refractivity contribution is 5.78. The Hall–Kier alpha value is -2.53. The average molecular weight is 383 g/mol. The van der Waals surface area contributed by atoms with Gasteiger partial charge < -0.3 is 14.8 Å². The lowest BCUT2D eigenvalue weighted by atomic mass is 10.0. The zero-order chi connectivity index (χ0) is 19.8. The number of likely N-dealkylation sites (tertiary alicyclic amines) is 1. The minimum Gasteiger partial charge on any atom is -0.497 e. The largest absolute Gasteiger partial charge is 0.497 e. The number of benzene rings is 2. The maximum Gasteiger partial charge on any atom is 0.234 e. The Bertz CT molecular complexity index is 764. The molecular weight excluding hydrogens is 352 g/mol. The third-order valence-corrected chi connectivity index (χ3v) is 5.31. The molecule has 28 heavy (non-hydrogen) atoms. The molecule has 1 N–H and O–H groups in total. The highest BCUT2D eigenvalue weighted by Crippen LogP contribution is 2.38. The summed E-state index contributed by atoms with van der Waals surface area (Å²) >= 11 is 0. The second-order valence-electron chi connectivity index (χ2n) is 7.18. The molecule has 1 saturated heterocycles. The van der Waals surface area contributed by atoms with E-state index in [0.29, 0.717) is 13.1 Å². The molecule has 150 valence electrons. The Morgan fingerprint density at radius 1 is 1.14 bits per heavy atom. The summed E-state index contributed by atoms with van der Waals surface area (Å²) in [6.45, 7) is 2.04. The van der Waals surface area contributed by atoms with Crippen molar-refractivity contribution in [2.45, 2.75) is 31.7 Å². The van der Waals surface area contributed by atoms with E-state index < -0.39 is 0 Å². The quantitative estimate of drug-likeness (QED) is 0.674. The van der Waals surface area contributed by atoms with Gasteiger partial charge in [-0.2, -0.15) is 0 Å². The van der Waals surface area contributed by atoms with Gasteiger partial charge in [-0.15, -0.1) is 0 Å². The highest BCUT2D eigenvalue weighted by Gasteiger charge is 2.30. The Morgan fingerprint density at radius 3 is 2.71 bits per heavy atom. The van der Waals surface area contributed by atoms with Crippen LogP contribution in [0.2, 0.25) is 0 Å². The van der Waals surface area contributed by atoms with Crippen LogP contribution in [0.4, 0.5) is 0 Å². The molecule has 2 aromatic rings. The van der Waals surface area contributed by atoms with Crippen LogP contribution in [-0.4, -0.2) is 44.7 Å². The number of hydrogen-bond donors (Lipinski definition) is 1. The van der Waals surface area contributed by atoms with Crippen LogP contribution in [0, 0.1) is 0 Å². The molecule has 1 amide bonds. The predicted octanol–water partition coefficient (Wildman–Crippen LogP) is 3.59. The first-order valence-electron chi connectivity index (χ1n) is 9.98. The van der Waals surface area contributed by atoms with Crippen molar-refractivity contribution in [2.75, 3.05) is 33.9 Å². The van der Waals surface area contributed by atoms with Gasteiger partial charge in [0.2, 0.25) is 5.91 Å². The first-order valence-corrected chi connectivity index (χ1v) is 9.98. The zero-order valence-corrected chi connectivity index (χ0v) is 16.8. The van der Waals surface area contributed by atoms with Crippen LogP contribution in [0.3, 0.4) is 0 Å². The summed E-state index contributed by atoms with van der Waals surface area (Å²) in [6, 6.07) is 16.4. The van der Waals surface area contributed by atoms with E-state index in [9.17, 15) is 4.79 Å². The lowest BCUT2D eigenvalue weighted by Crippen LogP contribution is -2.37. The molecule has 1 fully saturated rings. The molecule has 5 heteroatoms. The van der Waals surface area contributed by atoms with Crippen LogP contribution >= 0.6 is 0 Å². The summed E-state index contributed by atoms with van der Waals surface area (Å²) in [5, 5.41) is 3.07. The van der Waals surface area contributed by atoms with Gasteiger partial charge in [-0.05, 0) is 56.0 Å². The van der Waals surface area contributed by atoms with Crippen molar-refractivity contribution >= 4 is 5.91 Å². The van der Waals surface area contributed by atoms with Gasteiger partial charge in [0, 0.05) is 18.2 Å². The van der Waals surface area contributed by atoms with Crippen molar-refractivity contribution in [3.63, 3.8) is 0 Å². The van der Waals surface area contributed by atoms with Gasteiger partial charge in [-0.25, -0.2) is 0 Å². The molecule has 3 rings (SSSR count). The van der Waals surface area contributed by atoms with E-state index in [0.717, 1.165) is 49.3 Å². The van der Waals surface area contributed by atoms with Crippen LogP contribution in [-0.2, 0) is 11.2 Å². The minimum atomic E-state index is 0.0850. The highest BCUT2D eigenvalue weighted by atomic mass is 16.5. The Balaban J connectivity index is 1.52. The van der Waals surface area contributed by atoms with Crippen molar-refractivity contribution < 1.29 is 14.3 Å². The van der Waals surface area contributed by atoms with Crippen molar-refractivity contribution in [1.82, 2.24) is 10.2 Å². The molecule has 0 saturated carbocycles. The van der Waals surface area contributed by atoms with Gasteiger partial charge in [0.15, 0.2) is 0 Å². The second-order valence-corrected chi connectivity index (χ2v) is 7.18. The average Bonchev–Trinajstić information content (AvgIpc) is 3.19. The number of nitrogens with one attached hydrogen (secondary N) is 1. The number of nitrogens with zero attached hydrogens (tertiary/aromatic N) is 1. The van der Waals surface area contributed by atoms with E-state index in [1.807, 2.05) is 36.4 Å². The van der Waals surface area contributed by atoms with E-state index in [2.05, 4.69) is 22.3 Å². The van der Waals surface area contributed by atoms with E-state index in [4.69, 9.17) is 9.47 Å². The molecule has 1 aliphatic rings. The van der Waals surface area contributed by atoms with Gasteiger partial charge in [-0.3, -0.25) is 9.69 Å². The zero-order valence-electron chi connectivity index (χ0n) is 16.8. The molecule has 1 aliphatic heterocycles. The fraction of sp³-hybridized carbons (Fsp3) is 0.435. The van der Waals surface area contributed by atoms with E-state index in [1.54, 1.807) is 14.2 Å². The Kier molecular flexibility index (Phi) is 7.31. The molecule has 1 heterocycles. The fourth-order valence-electron chi connectivity index (χ4n) is 3.87. The van der Waals surface area contributed by atoms with Crippen LogP contribution in [0.15, 0.2) is 48.5 Å². The SMILES string of the molecule is COc1ccc(OC)c([C@@H]2CCCN2CC(=O)NCCCc2ccccc2)c1. The van der Waals surface area contributed by atoms with E-state index in [1.165, 1.54) is 5.56 Å². The first-order chi connectivity index (χ1) is 13.7. The monoisotopic (exact) mass is 382 g/mol. The summed E-state index contributed by atoms with van der Waals surface area (Å²) < 4.78 is 10.9. The normalized spacial score (nSPS) is 16.7. The molecule has 2 aromatic carbocycles. The van der Waals surface area contributed by atoms with Crippen LogP contribution in [0.5, 0.6) is 11.5 Å². The number of carbonyl (C=O) groups excluding carboxylic acids is 1. The lowest BCUT2D eigenvalue weighted by molar-refractivity contribution is -0.122. The standard InChI is InChI=1S/C23H30N2O3/c1-27-19-12-13-22(28-2)20(16-19)21-11-7-15-25(21)17-23(26)24-14-6-10-18-8-4-3-5-9-18/h3-5,8-9,12-13,16,21H,6-7,10-11,14-15,17H2,1-2H3,(H,24,26)/t21-/m0/s1. The predicted molar refractivity (Wildman–Crippen MR) is 111 cm³/mol. The summed E-state index contributed by atoms with van der Waals surface area (Å²) in [7, 11) is 3.35. The van der Waals surface area contributed by atoms with Crippen LogP contribution in [0.1, 0.15) is 36.4 Å². The molecule has 0 bridgehead atoms. The number of ether oxygens (including phenoxy) is 2. The third kappa shape index (κ3) is 5.26. The van der Waals surface area contributed by atoms with Crippen molar-refractivity contribution in [1.29, 1.82) is 0 Å². The number of rotatable bonds is 9. The van der Waals surface area contributed by atoms with Gasteiger partial charge in [-0.1, -0.05) is 30.3 Å². The van der Waals surface area contributed by atoms with Crippen molar-refractivity contribution in [3.05, 3.63) is 59.7 Å². The molecule has 0 aromatic heterocycles. The second kappa shape index (κ2) is 10.1.